The van der Waals surface area contributed by atoms with E-state index < -0.39 is 0 Å². The molecule has 1 saturated heterocycles. The largest absolute Gasteiger partial charge is 0.310 e. The van der Waals surface area contributed by atoms with E-state index in [1.54, 1.807) is 0 Å². The van der Waals surface area contributed by atoms with Gasteiger partial charge in [0, 0.05) is 23.7 Å². The van der Waals surface area contributed by atoms with Crippen LogP contribution in [0.1, 0.15) is 50.0 Å². The third-order valence-electron chi connectivity index (χ3n) is 3.36. The SMILES string of the molecule is CC(C)c1nc2c(C3CCCN3)cccn2n1. The fraction of sp³-hybridized carbons (Fsp3) is 0.538. The van der Waals surface area contributed by atoms with Gasteiger partial charge in [-0.05, 0) is 25.5 Å². The molecule has 3 rings (SSSR count). The molecule has 0 radical (unpaired) electrons. The van der Waals surface area contributed by atoms with Crippen molar-refractivity contribution < 1.29 is 0 Å². The van der Waals surface area contributed by atoms with Crippen LogP contribution in [0.3, 0.4) is 0 Å². The molecular weight excluding hydrogens is 212 g/mol. The van der Waals surface area contributed by atoms with Crippen LogP contribution in [-0.4, -0.2) is 21.1 Å². The first-order chi connectivity index (χ1) is 8.25. The van der Waals surface area contributed by atoms with E-state index in [0.717, 1.165) is 18.0 Å². The maximum Gasteiger partial charge on any atom is 0.160 e. The van der Waals surface area contributed by atoms with E-state index in [1.807, 2.05) is 10.7 Å². The van der Waals surface area contributed by atoms with Crippen LogP contribution in [0.4, 0.5) is 0 Å². The predicted octanol–water partition coefficient (Wildman–Crippen LogP) is 2.28. The fourth-order valence-electron chi connectivity index (χ4n) is 2.41. The van der Waals surface area contributed by atoms with Crippen LogP contribution in [0, 0.1) is 0 Å². The van der Waals surface area contributed by atoms with Crippen molar-refractivity contribution >= 4 is 5.65 Å². The average Bonchev–Trinajstić information content (AvgIpc) is 2.97. The van der Waals surface area contributed by atoms with E-state index in [4.69, 9.17) is 0 Å². The Labute approximate surface area is 101 Å². The highest BCUT2D eigenvalue weighted by molar-refractivity contribution is 5.49. The van der Waals surface area contributed by atoms with Gasteiger partial charge in [0.15, 0.2) is 11.5 Å². The second kappa shape index (κ2) is 4.11. The van der Waals surface area contributed by atoms with Crippen molar-refractivity contribution in [3.05, 3.63) is 29.7 Å². The molecule has 90 valence electrons. The van der Waals surface area contributed by atoms with Crippen LogP contribution < -0.4 is 5.32 Å². The zero-order valence-electron chi connectivity index (χ0n) is 10.3. The summed E-state index contributed by atoms with van der Waals surface area (Å²) in [6, 6.07) is 4.67. The highest BCUT2D eigenvalue weighted by atomic mass is 15.3. The molecule has 1 atom stereocenters. The maximum atomic E-state index is 4.67. The number of hydrogen-bond acceptors (Lipinski definition) is 3. The molecule has 1 unspecified atom stereocenters. The standard InChI is InChI=1S/C13H18N4/c1-9(2)12-15-13-10(11-6-3-7-14-11)5-4-8-17(13)16-12/h4-5,8-9,11,14H,3,6-7H2,1-2H3. The summed E-state index contributed by atoms with van der Waals surface area (Å²) in [5, 5.41) is 8.04. The summed E-state index contributed by atoms with van der Waals surface area (Å²) in [4.78, 5) is 4.67. The molecule has 0 aliphatic carbocycles. The summed E-state index contributed by atoms with van der Waals surface area (Å²) in [6.45, 7) is 5.36. The Bertz CT molecular complexity index is 523. The molecule has 1 fully saturated rings. The summed E-state index contributed by atoms with van der Waals surface area (Å²) in [5.74, 6) is 1.30. The number of rotatable bonds is 2. The van der Waals surface area contributed by atoms with Gasteiger partial charge < -0.3 is 5.32 Å². The monoisotopic (exact) mass is 230 g/mol. The lowest BCUT2D eigenvalue weighted by molar-refractivity contribution is 0.647. The summed E-state index contributed by atoms with van der Waals surface area (Å²) in [7, 11) is 0. The number of aromatic nitrogens is 3. The first-order valence-electron chi connectivity index (χ1n) is 6.34. The third-order valence-corrected chi connectivity index (χ3v) is 3.36. The molecule has 4 heteroatoms. The molecular formula is C13H18N4. The van der Waals surface area contributed by atoms with Crippen molar-refractivity contribution in [3.63, 3.8) is 0 Å². The van der Waals surface area contributed by atoms with Crippen molar-refractivity contribution in [2.24, 2.45) is 0 Å². The van der Waals surface area contributed by atoms with E-state index in [9.17, 15) is 0 Å². The molecule has 0 amide bonds. The van der Waals surface area contributed by atoms with Gasteiger partial charge in [-0.3, -0.25) is 0 Å². The lowest BCUT2D eigenvalue weighted by Gasteiger charge is -2.10. The number of nitrogens with one attached hydrogen (secondary N) is 1. The Hall–Kier alpha value is -1.42. The Morgan fingerprint density at radius 2 is 2.35 bits per heavy atom. The van der Waals surface area contributed by atoms with Gasteiger partial charge >= 0.3 is 0 Å². The Balaban J connectivity index is 2.11. The number of hydrogen-bond donors (Lipinski definition) is 1. The average molecular weight is 230 g/mol. The zero-order valence-corrected chi connectivity index (χ0v) is 10.3. The maximum absolute atomic E-state index is 4.67. The predicted molar refractivity (Wildman–Crippen MR) is 67.1 cm³/mol. The van der Waals surface area contributed by atoms with Crippen molar-refractivity contribution in [1.29, 1.82) is 0 Å². The van der Waals surface area contributed by atoms with E-state index in [2.05, 4.69) is 41.4 Å². The minimum Gasteiger partial charge on any atom is -0.310 e. The van der Waals surface area contributed by atoms with Crippen molar-refractivity contribution in [3.8, 4) is 0 Å². The van der Waals surface area contributed by atoms with Gasteiger partial charge in [0.2, 0.25) is 0 Å². The van der Waals surface area contributed by atoms with Crippen LogP contribution >= 0.6 is 0 Å². The third kappa shape index (κ3) is 1.82. The van der Waals surface area contributed by atoms with Crippen LogP contribution in [0.25, 0.3) is 5.65 Å². The van der Waals surface area contributed by atoms with Crippen LogP contribution in [0.2, 0.25) is 0 Å². The molecule has 1 N–H and O–H groups in total. The number of nitrogens with zero attached hydrogens (tertiary/aromatic N) is 3. The normalized spacial score (nSPS) is 20.5. The molecule has 1 aliphatic heterocycles. The molecule has 2 aromatic heterocycles. The molecule has 2 aromatic rings. The van der Waals surface area contributed by atoms with Gasteiger partial charge in [-0.25, -0.2) is 9.50 Å². The summed E-state index contributed by atoms with van der Waals surface area (Å²) < 4.78 is 1.91. The molecule has 0 spiro atoms. The first kappa shape index (κ1) is 10.7. The van der Waals surface area contributed by atoms with E-state index in [1.165, 1.54) is 18.4 Å². The highest BCUT2D eigenvalue weighted by Crippen LogP contribution is 2.26. The van der Waals surface area contributed by atoms with Gasteiger partial charge in [0.25, 0.3) is 0 Å². The first-order valence-corrected chi connectivity index (χ1v) is 6.34. The summed E-state index contributed by atoms with van der Waals surface area (Å²) in [5.41, 5.74) is 2.29. The van der Waals surface area contributed by atoms with Crippen LogP contribution in [0.15, 0.2) is 18.3 Å². The van der Waals surface area contributed by atoms with Gasteiger partial charge in [-0.15, -0.1) is 0 Å². The summed E-state index contributed by atoms with van der Waals surface area (Å²) >= 11 is 0. The van der Waals surface area contributed by atoms with Crippen LogP contribution in [0.5, 0.6) is 0 Å². The van der Waals surface area contributed by atoms with Crippen molar-refractivity contribution in [2.45, 2.75) is 38.6 Å². The fourth-order valence-corrected chi connectivity index (χ4v) is 2.41. The molecule has 4 nitrogen and oxygen atoms in total. The second-order valence-corrected chi connectivity index (χ2v) is 5.01. The second-order valence-electron chi connectivity index (χ2n) is 5.01. The van der Waals surface area contributed by atoms with E-state index >= 15 is 0 Å². The lowest BCUT2D eigenvalue weighted by Crippen LogP contribution is -2.13. The Morgan fingerprint density at radius 1 is 1.47 bits per heavy atom. The van der Waals surface area contributed by atoms with Gasteiger partial charge in [-0.1, -0.05) is 19.9 Å². The van der Waals surface area contributed by atoms with Crippen LogP contribution in [-0.2, 0) is 0 Å². The minimum absolute atomic E-state index is 0.374. The Kier molecular flexibility index (Phi) is 2.59. The summed E-state index contributed by atoms with van der Waals surface area (Å²) in [6.07, 6.45) is 4.42. The van der Waals surface area contributed by atoms with Crippen molar-refractivity contribution in [2.75, 3.05) is 6.54 Å². The van der Waals surface area contributed by atoms with E-state index in [-0.39, 0.29) is 0 Å². The quantitative estimate of drug-likeness (QED) is 0.860. The molecule has 3 heterocycles. The number of fused-ring (bicyclic) bond motifs is 1. The highest BCUT2D eigenvalue weighted by Gasteiger charge is 2.20. The lowest BCUT2D eigenvalue weighted by atomic mass is 10.1. The molecule has 17 heavy (non-hydrogen) atoms. The zero-order chi connectivity index (χ0) is 11.8. The van der Waals surface area contributed by atoms with Gasteiger partial charge in [0.1, 0.15) is 0 Å². The molecule has 0 saturated carbocycles. The smallest absolute Gasteiger partial charge is 0.160 e. The Morgan fingerprint density at radius 3 is 3.06 bits per heavy atom. The van der Waals surface area contributed by atoms with Gasteiger partial charge in [0.05, 0.1) is 0 Å². The molecule has 1 aliphatic rings. The van der Waals surface area contributed by atoms with Crippen molar-refractivity contribution in [1.82, 2.24) is 19.9 Å². The van der Waals surface area contributed by atoms with Gasteiger partial charge in [-0.2, -0.15) is 5.10 Å². The topological polar surface area (TPSA) is 42.2 Å². The number of pyridine rings is 1. The van der Waals surface area contributed by atoms with E-state index in [0.29, 0.717) is 12.0 Å². The molecule has 0 bridgehead atoms. The minimum atomic E-state index is 0.374. The molecule has 0 aromatic carbocycles.